The first kappa shape index (κ1) is 16.6. The number of nitrogens with one attached hydrogen (secondary N) is 1. The summed E-state index contributed by atoms with van der Waals surface area (Å²) in [6.07, 6.45) is 2.79. The predicted octanol–water partition coefficient (Wildman–Crippen LogP) is 0.932. The first-order valence-electron chi connectivity index (χ1n) is 6.04. The van der Waals surface area contributed by atoms with Crippen LogP contribution in [0.5, 0.6) is 0 Å². The summed E-state index contributed by atoms with van der Waals surface area (Å²) < 4.78 is 25.3. The van der Waals surface area contributed by atoms with Crippen LogP contribution in [0.25, 0.3) is 6.08 Å². The standard InChI is InChI=1S/C13H11N4O3S.W/c1-8-10(12(18)16-13-14-7-15-17(13)2)4-3-9-5-6-21(19,20)11(8)9;/h4-7H,1-2H3,(H,14,15,16,18);/q-1;. The van der Waals surface area contributed by atoms with Crippen molar-refractivity contribution in [2.24, 2.45) is 7.05 Å². The van der Waals surface area contributed by atoms with Crippen LogP contribution in [-0.2, 0) is 38.0 Å². The molecule has 3 rings (SSSR count). The Hall–Kier alpha value is -1.79. The molecule has 1 aromatic carbocycles. The van der Waals surface area contributed by atoms with E-state index < -0.39 is 15.7 Å². The fraction of sp³-hybridized carbons (Fsp3) is 0.154. The molecule has 1 amide bonds. The summed E-state index contributed by atoms with van der Waals surface area (Å²) in [6, 6.07) is 4.30. The minimum atomic E-state index is -3.49. The number of sulfone groups is 1. The van der Waals surface area contributed by atoms with Crippen molar-refractivity contribution in [2.45, 2.75) is 11.8 Å². The van der Waals surface area contributed by atoms with Gasteiger partial charge in [-0.05, 0) is 15.9 Å². The maximum atomic E-state index is 12.3. The van der Waals surface area contributed by atoms with Gasteiger partial charge in [0.25, 0.3) is 0 Å². The van der Waals surface area contributed by atoms with E-state index >= 15 is 0 Å². The zero-order valence-corrected chi connectivity index (χ0v) is 15.4. The Labute approximate surface area is 141 Å². The van der Waals surface area contributed by atoms with Crippen LogP contribution >= 0.6 is 0 Å². The molecule has 7 nitrogen and oxygen atoms in total. The molecule has 1 aliphatic heterocycles. The first-order chi connectivity index (χ1) is 9.90. The van der Waals surface area contributed by atoms with Gasteiger partial charge in [-0.15, -0.1) is 29.3 Å². The van der Waals surface area contributed by atoms with Crippen LogP contribution in [0.4, 0.5) is 5.95 Å². The topological polar surface area (TPSA) is 93.9 Å². The van der Waals surface area contributed by atoms with E-state index in [2.05, 4.69) is 21.5 Å². The van der Waals surface area contributed by atoms with Crippen LogP contribution < -0.4 is 5.32 Å². The molecule has 0 spiro atoms. The monoisotopic (exact) mass is 487 g/mol. The molecule has 2 aromatic rings. The van der Waals surface area contributed by atoms with Crippen molar-refractivity contribution in [3.8, 4) is 0 Å². The van der Waals surface area contributed by atoms with Crippen LogP contribution in [0.2, 0.25) is 0 Å². The summed E-state index contributed by atoms with van der Waals surface area (Å²) >= 11 is 0. The quantitative estimate of drug-likeness (QED) is 0.637. The molecular weight excluding hydrogens is 476 g/mol. The average molecular weight is 487 g/mol. The molecule has 1 aromatic heterocycles. The second-order valence-corrected chi connectivity index (χ2v) is 6.35. The Morgan fingerprint density at radius 1 is 1.41 bits per heavy atom. The van der Waals surface area contributed by atoms with Crippen molar-refractivity contribution in [3.63, 3.8) is 0 Å². The molecule has 1 N–H and O–H groups in total. The van der Waals surface area contributed by atoms with E-state index in [1.807, 2.05) is 0 Å². The Balaban J connectivity index is 0.00000176. The van der Waals surface area contributed by atoms with Gasteiger partial charge < -0.3 is 0 Å². The van der Waals surface area contributed by atoms with Crippen LogP contribution in [0, 0.1) is 13.0 Å². The minimum absolute atomic E-state index is 0. The van der Waals surface area contributed by atoms with Crippen molar-refractivity contribution in [1.29, 1.82) is 0 Å². The largest absolute Gasteiger partial charge is 0.299 e. The maximum Gasteiger partial charge on any atom is 0.227 e. The molecule has 0 unspecified atom stereocenters. The second-order valence-electron chi connectivity index (χ2n) is 4.58. The number of benzene rings is 1. The molecule has 0 atom stereocenters. The van der Waals surface area contributed by atoms with Gasteiger partial charge in [-0.25, -0.2) is 13.1 Å². The Bertz CT molecular complexity index is 887. The summed E-state index contributed by atoms with van der Waals surface area (Å²) in [5.41, 5.74) is 1.11. The summed E-state index contributed by atoms with van der Waals surface area (Å²) in [5, 5.41) is 7.54. The fourth-order valence-electron chi connectivity index (χ4n) is 2.18. The molecule has 9 heteroatoms. The van der Waals surface area contributed by atoms with E-state index in [1.54, 1.807) is 14.0 Å². The number of fused-ring (bicyclic) bond motifs is 1. The minimum Gasteiger partial charge on any atom is -0.299 e. The summed E-state index contributed by atoms with van der Waals surface area (Å²) in [4.78, 5) is 16.3. The predicted molar refractivity (Wildman–Crippen MR) is 75.2 cm³/mol. The summed E-state index contributed by atoms with van der Waals surface area (Å²) in [7, 11) is -1.85. The Kier molecular flexibility index (Phi) is 4.35. The van der Waals surface area contributed by atoms with Gasteiger partial charge in [-0.1, -0.05) is 6.92 Å². The molecule has 0 saturated heterocycles. The normalized spacial score (nSPS) is 14.3. The molecule has 0 bridgehead atoms. The number of hydrogen-bond donors (Lipinski definition) is 1. The number of nitrogens with zero attached hydrogens (tertiary/aromatic N) is 3. The third-order valence-corrected chi connectivity index (χ3v) is 4.83. The third-order valence-electron chi connectivity index (χ3n) is 3.24. The van der Waals surface area contributed by atoms with Gasteiger partial charge in [-0.2, -0.15) is 10.1 Å². The van der Waals surface area contributed by atoms with Gasteiger partial charge in [0.15, 0.2) is 9.84 Å². The number of aromatic nitrogens is 3. The third kappa shape index (κ3) is 2.64. The van der Waals surface area contributed by atoms with E-state index in [9.17, 15) is 13.2 Å². The van der Waals surface area contributed by atoms with Gasteiger partial charge in [0.05, 0.1) is 0 Å². The summed E-state index contributed by atoms with van der Waals surface area (Å²) in [5.74, 6) is -0.175. The molecule has 0 radical (unpaired) electrons. The van der Waals surface area contributed by atoms with E-state index in [4.69, 9.17) is 0 Å². The van der Waals surface area contributed by atoms with Crippen LogP contribution in [-0.4, -0.2) is 29.1 Å². The summed E-state index contributed by atoms with van der Waals surface area (Å²) in [6.45, 7) is 1.60. The molecule has 22 heavy (non-hydrogen) atoms. The maximum absolute atomic E-state index is 12.3. The van der Waals surface area contributed by atoms with Crippen LogP contribution in [0.3, 0.4) is 0 Å². The van der Waals surface area contributed by atoms with Crippen LogP contribution in [0.1, 0.15) is 21.5 Å². The van der Waals surface area contributed by atoms with Crippen molar-refractivity contribution in [1.82, 2.24) is 14.8 Å². The number of anilines is 1. The van der Waals surface area contributed by atoms with E-state index in [-0.39, 0.29) is 37.5 Å². The number of carbonyl (C=O) groups is 1. The number of carbonyl (C=O) groups excluding carboxylic acids is 1. The zero-order chi connectivity index (χ0) is 15.2. The van der Waals surface area contributed by atoms with Crippen molar-refractivity contribution >= 4 is 27.8 Å². The van der Waals surface area contributed by atoms with Gasteiger partial charge in [0.2, 0.25) is 11.9 Å². The molecule has 1 aliphatic rings. The molecule has 0 saturated carbocycles. The number of aryl methyl sites for hydroxylation is 1. The van der Waals surface area contributed by atoms with Gasteiger partial charge in [0, 0.05) is 28.1 Å². The zero-order valence-electron chi connectivity index (χ0n) is 11.7. The van der Waals surface area contributed by atoms with Gasteiger partial charge in [-0.3, -0.25) is 10.1 Å². The Morgan fingerprint density at radius 3 is 2.77 bits per heavy atom. The number of amides is 1. The number of hydrogen-bond acceptors (Lipinski definition) is 5. The molecule has 114 valence electrons. The fourth-order valence-corrected chi connectivity index (χ4v) is 3.60. The van der Waals surface area contributed by atoms with E-state index in [0.717, 1.165) is 5.41 Å². The molecule has 2 heterocycles. The van der Waals surface area contributed by atoms with E-state index in [1.165, 1.54) is 23.2 Å². The SMILES string of the molecule is Cc1c(C(=O)Nc2ncnn2C)c[c-]c2c1S(=O)(=O)C=C2.[W]. The van der Waals surface area contributed by atoms with Gasteiger partial charge in [0.1, 0.15) is 6.33 Å². The van der Waals surface area contributed by atoms with Crippen molar-refractivity contribution in [3.05, 3.63) is 40.6 Å². The van der Waals surface area contributed by atoms with Gasteiger partial charge >= 0.3 is 0 Å². The van der Waals surface area contributed by atoms with Crippen molar-refractivity contribution < 1.29 is 34.3 Å². The molecule has 0 fully saturated rings. The van der Waals surface area contributed by atoms with E-state index in [0.29, 0.717) is 11.1 Å². The Morgan fingerprint density at radius 2 is 2.14 bits per heavy atom. The molecule has 0 aliphatic carbocycles. The first-order valence-corrected chi connectivity index (χ1v) is 7.58. The second kappa shape index (κ2) is 5.77. The van der Waals surface area contributed by atoms with Crippen LogP contribution in [0.15, 0.2) is 22.7 Å². The number of rotatable bonds is 2. The van der Waals surface area contributed by atoms with Crippen molar-refractivity contribution in [2.75, 3.05) is 5.32 Å². The average Bonchev–Trinajstić information content (AvgIpc) is 2.94. The smallest absolute Gasteiger partial charge is 0.227 e. The molecular formula is C13H11N4O3SW-.